The normalized spacial score (nSPS) is 17.5. The van der Waals surface area contributed by atoms with E-state index in [0.717, 1.165) is 30.4 Å². The number of nitrogens with one attached hydrogen (secondary N) is 1. The largest absolute Gasteiger partial charge is 0.497 e. The Kier molecular flexibility index (Phi) is 6.38. The van der Waals surface area contributed by atoms with Crippen LogP contribution in [0.4, 0.5) is 5.69 Å². The number of sulfonamides is 1. The molecule has 1 heterocycles. The third kappa shape index (κ3) is 4.53. The average Bonchev–Trinajstić information content (AvgIpc) is 3.35. The van der Waals surface area contributed by atoms with Crippen molar-refractivity contribution in [3.8, 4) is 11.5 Å². The van der Waals surface area contributed by atoms with E-state index in [1.54, 1.807) is 24.3 Å². The molecule has 36 heavy (non-hydrogen) atoms. The maximum Gasteiger partial charge on any atom is 0.264 e. The average molecular weight is 507 g/mol. The Hall–Kier alpha value is -3.52. The smallest absolute Gasteiger partial charge is 0.264 e. The third-order valence-electron chi connectivity index (χ3n) is 6.91. The van der Waals surface area contributed by atoms with E-state index in [-0.39, 0.29) is 23.4 Å². The van der Waals surface area contributed by atoms with Crippen molar-refractivity contribution in [3.05, 3.63) is 82.9 Å². The van der Waals surface area contributed by atoms with Gasteiger partial charge in [0.1, 0.15) is 11.5 Å². The number of fused-ring (bicyclic) bond motifs is 2. The van der Waals surface area contributed by atoms with Crippen LogP contribution in [0.3, 0.4) is 0 Å². The molecule has 2 aliphatic rings. The van der Waals surface area contributed by atoms with E-state index >= 15 is 0 Å². The molecule has 3 aromatic rings. The highest BCUT2D eigenvalue weighted by Crippen LogP contribution is 2.38. The molecule has 1 aliphatic carbocycles. The van der Waals surface area contributed by atoms with Crippen molar-refractivity contribution in [2.45, 2.75) is 50.2 Å². The van der Waals surface area contributed by atoms with Crippen molar-refractivity contribution in [1.82, 2.24) is 5.32 Å². The number of rotatable bonds is 6. The summed E-state index contributed by atoms with van der Waals surface area (Å²) in [6.07, 6.45) is 2.32. The minimum Gasteiger partial charge on any atom is -0.497 e. The highest BCUT2D eigenvalue weighted by atomic mass is 32.2. The van der Waals surface area contributed by atoms with Gasteiger partial charge in [-0.25, -0.2) is 8.42 Å². The monoisotopic (exact) mass is 506 g/mol. The maximum atomic E-state index is 13.7. The third-order valence-corrected chi connectivity index (χ3v) is 8.70. The lowest BCUT2D eigenvalue weighted by Crippen LogP contribution is -2.51. The summed E-state index contributed by atoms with van der Waals surface area (Å²) in [7, 11) is -2.42. The molecule has 5 rings (SSSR count). The van der Waals surface area contributed by atoms with Crippen molar-refractivity contribution in [3.63, 3.8) is 0 Å². The number of hydrogen-bond acceptors (Lipinski definition) is 5. The predicted octanol–water partition coefficient (Wildman–Crippen LogP) is 4.33. The van der Waals surface area contributed by atoms with Crippen LogP contribution in [0.15, 0.2) is 65.6 Å². The van der Waals surface area contributed by atoms with Gasteiger partial charge in [0.2, 0.25) is 0 Å². The van der Waals surface area contributed by atoms with E-state index < -0.39 is 16.1 Å². The van der Waals surface area contributed by atoms with Crippen molar-refractivity contribution < 1.29 is 22.7 Å². The molecule has 8 heteroatoms. The first-order valence-corrected chi connectivity index (χ1v) is 13.6. The van der Waals surface area contributed by atoms with Crippen molar-refractivity contribution in [1.29, 1.82) is 0 Å². The number of benzene rings is 3. The first-order valence-electron chi connectivity index (χ1n) is 12.1. The Labute approximate surface area is 212 Å². The van der Waals surface area contributed by atoms with Gasteiger partial charge in [-0.05, 0) is 91.8 Å². The first-order chi connectivity index (χ1) is 17.3. The van der Waals surface area contributed by atoms with Crippen LogP contribution in [0.2, 0.25) is 0 Å². The molecular formula is C28H30N2O5S. The fourth-order valence-electron chi connectivity index (χ4n) is 4.85. The standard InChI is InChI=1S/C28H30N2O5S/c1-18-7-14-25-26(15-18)35-27(17-30(25)36(32,33)24-12-10-23(34-3)11-13-24)28(31)29-19(2)21-9-8-20-5-4-6-22(20)16-21/h7-16,19,27H,4-6,17H2,1-3H3,(H,29,31)/t19-,27-/m1/s1. The van der Waals surface area contributed by atoms with Crippen LogP contribution < -0.4 is 19.1 Å². The number of aryl methyl sites for hydroxylation is 3. The zero-order valence-electron chi connectivity index (χ0n) is 20.7. The summed E-state index contributed by atoms with van der Waals surface area (Å²) in [5, 5.41) is 3.03. The SMILES string of the molecule is COc1ccc(S(=O)(=O)N2C[C@H](C(=O)N[C@H](C)c3ccc4c(c3)CCC4)Oc3cc(C)ccc32)cc1. The van der Waals surface area contributed by atoms with E-state index in [1.807, 2.05) is 19.9 Å². The van der Waals surface area contributed by atoms with E-state index in [9.17, 15) is 13.2 Å². The van der Waals surface area contributed by atoms with Crippen LogP contribution in [0.5, 0.6) is 11.5 Å². The van der Waals surface area contributed by atoms with Gasteiger partial charge in [-0.1, -0.05) is 24.3 Å². The molecule has 3 aromatic carbocycles. The fraction of sp³-hybridized carbons (Fsp3) is 0.321. The maximum absolute atomic E-state index is 13.7. The molecule has 7 nitrogen and oxygen atoms in total. The number of hydrogen-bond donors (Lipinski definition) is 1. The summed E-state index contributed by atoms with van der Waals surface area (Å²) in [5.74, 6) is 0.568. The Morgan fingerprint density at radius 3 is 2.56 bits per heavy atom. The van der Waals surface area contributed by atoms with Crippen LogP contribution in [-0.2, 0) is 27.7 Å². The van der Waals surface area contributed by atoms with Crippen LogP contribution in [0, 0.1) is 6.92 Å². The van der Waals surface area contributed by atoms with Gasteiger partial charge >= 0.3 is 0 Å². The summed E-state index contributed by atoms with van der Waals surface area (Å²) in [6.45, 7) is 3.69. The van der Waals surface area contributed by atoms with Crippen LogP contribution >= 0.6 is 0 Å². The molecular weight excluding hydrogens is 476 g/mol. The van der Waals surface area contributed by atoms with Gasteiger partial charge in [0.25, 0.3) is 15.9 Å². The zero-order valence-corrected chi connectivity index (χ0v) is 21.5. The summed E-state index contributed by atoms with van der Waals surface area (Å²) in [4.78, 5) is 13.4. The lowest BCUT2D eigenvalue weighted by Gasteiger charge is -2.35. The Balaban J connectivity index is 1.41. The number of carbonyl (C=O) groups excluding carboxylic acids is 1. The minimum atomic E-state index is -3.95. The Morgan fingerprint density at radius 1 is 1.06 bits per heavy atom. The predicted molar refractivity (Wildman–Crippen MR) is 138 cm³/mol. The molecule has 0 radical (unpaired) electrons. The number of anilines is 1. The van der Waals surface area contributed by atoms with Gasteiger partial charge in [0.05, 0.1) is 30.3 Å². The number of methoxy groups -OCH3 is 1. The fourth-order valence-corrected chi connectivity index (χ4v) is 6.33. The van der Waals surface area contributed by atoms with Crippen LogP contribution in [-0.4, -0.2) is 34.1 Å². The van der Waals surface area contributed by atoms with Crippen LogP contribution in [0.25, 0.3) is 0 Å². The topological polar surface area (TPSA) is 84.9 Å². The highest BCUT2D eigenvalue weighted by molar-refractivity contribution is 7.92. The zero-order chi connectivity index (χ0) is 25.4. The number of amides is 1. The highest BCUT2D eigenvalue weighted by Gasteiger charge is 2.38. The van der Waals surface area contributed by atoms with E-state index in [4.69, 9.17) is 9.47 Å². The Bertz CT molecular complexity index is 1400. The number of nitrogens with zero attached hydrogens (tertiary/aromatic N) is 1. The molecule has 0 spiro atoms. The van der Waals surface area contributed by atoms with E-state index in [0.29, 0.717) is 17.2 Å². The van der Waals surface area contributed by atoms with Gasteiger partial charge in [-0.2, -0.15) is 0 Å². The molecule has 0 unspecified atom stereocenters. The van der Waals surface area contributed by atoms with Crippen molar-refractivity contribution >= 4 is 21.6 Å². The van der Waals surface area contributed by atoms with Gasteiger partial charge in [0, 0.05) is 0 Å². The van der Waals surface area contributed by atoms with E-state index in [1.165, 1.54) is 34.7 Å². The molecule has 0 fully saturated rings. The van der Waals surface area contributed by atoms with E-state index in [2.05, 4.69) is 23.5 Å². The molecule has 1 N–H and O–H groups in total. The molecule has 1 amide bonds. The first kappa shape index (κ1) is 24.2. The number of ether oxygens (including phenoxy) is 2. The molecule has 1 aliphatic heterocycles. The molecule has 0 bridgehead atoms. The molecule has 188 valence electrons. The molecule has 2 atom stereocenters. The molecule has 0 aromatic heterocycles. The summed E-state index contributed by atoms with van der Waals surface area (Å²) < 4.78 is 39.8. The van der Waals surface area contributed by atoms with Crippen LogP contribution in [0.1, 0.15) is 41.6 Å². The quantitative estimate of drug-likeness (QED) is 0.538. The second-order valence-corrected chi connectivity index (χ2v) is 11.3. The summed E-state index contributed by atoms with van der Waals surface area (Å²) in [6, 6.07) is 17.6. The Morgan fingerprint density at radius 2 is 1.81 bits per heavy atom. The minimum absolute atomic E-state index is 0.113. The second kappa shape index (κ2) is 9.50. The molecule has 0 saturated carbocycles. The van der Waals surface area contributed by atoms with Gasteiger partial charge in [-0.15, -0.1) is 0 Å². The van der Waals surface area contributed by atoms with Crippen molar-refractivity contribution in [2.24, 2.45) is 0 Å². The molecule has 0 saturated heterocycles. The lowest BCUT2D eigenvalue weighted by atomic mass is 10.0. The van der Waals surface area contributed by atoms with Gasteiger partial charge < -0.3 is 14.8 Å². The summed E-state index contributed by atoms with van der Waals surface area (Å²) in [5.41, 5.74) is 5.05. The van der Waals surface area contributed by atoms with Gasteiger partial charge in [-0.3, -0.25) is 9.10 Å². The summed E-state index contributed by atoms with van der Waals surface area (Å²) >= 11 is 0. The van der Waals surface area contributed by atoms with Crippen molar-refractivity contribution in [2.75, 3.05) is 18.0 Å². The van der Waals surface area contributed by atoms with Gasteiger partial charge in [0.15, 0.2) is 6.10 Å². The number of carbonyl (C=O) groups is 1. The second-order valence-electron chi connectivity index (χ2n) is 9.40. The lowest BCUT2D eigenvalue weighted by molar-refractivity contribution is -0.128.